The quantitative estimate of drug-likeness (QED) is 0.0988. The molecule has 232 valence electrons. The van der Waals surface area contributed by atoms with Gasteiger partial charge in [0.15, 0.2) is 0 Å². The van der Waals surface area contributed by atoms with E-state index in [0.717, 1.165) is 5.56 Å². The van der Waals surface area contributed by atoms with Crippen molar-refractivity contribution in [3.63, 3.8) is 0 Å². The summed E-state index contributed by atoms with van der Waals surface area (Å²) in [6, 6.07) is 16.5. The maximum Gasteiger partial charge on any atom is 0.459 e. The van der Waals surface area contributed by atoms with Gasteiger partial charge in [0.2, 0.25) is 0 Å². The van der Waals surface area contributed by atoms with E-state index in [4.69, 9.17) is 34.4 Å². The summed E-state index contributed by atoms with van der Waals surface area (Å²) < 4.78 is 43.3. The summed E-state index contributed by atoms with van der Waals surface area (Å²) in [5, 5.41) is 13.2. The lowest BCUT2D eigenvalue weighted by Crippen LogP contribution is -2.40. The van der Waals surface area contributed by atoms with Crippen LogP contribution in [-0.4, -0.2) is 48.9 Å². The van der Waals surface area contributed by atoms with Crippen molar-refractivity contribution >= 4 is 25.5 Å². The lowest BCUT2D eigenvalue weighted by Gasteiger charge is -2.27. The first-order chi connectivity index (χ1) is 20.5. The molecule has 2 fully saturated rings. The van der Waals surface area contributed by atoms with Gasteiger partial charge >= 0.3 is 19.7 Å². The maximum atomic E-state index is 14.1. The third kappa shape index (κ3) is 8.67. The predicted octanol–water partition coefficient (Wildman–Crippen LogP) is 4.02. The highest BCUT2D eigenvalue weighted by Crippen LogP contribution is 2.59. The molecule has 2 aromatic rings. The Labute approximate surface area is 251 Å². The van der Waals surface area contributed by atoms with E-state index in [1.54, 1.807) is 44.2 Å². The first kappa shape index (κ1) is 32.2. The minimum atomic E-state index is -4.20. The highest BCUT2D eigenvalue weighted by Gasteiger charge is 2.66. The molecule has 1 heterocycles. The van der Waals surface area contributed by atoms with Gasteiger partial charge in [-0.1, -0.05) is 62.4 Å². The topological polar surface area (TPSA) is 171 Å². The Hall–Kier alpha value is -3.70. The Morgan fingerprint density at radius 2 is 1.74 bits per heavy atom. The van der Waals surface area contributed by atoms with Crippen LogP contribution in [0.3, 0.4) is 0 Å². The highest BCUT2D eigenvalue weighted by atomic mass is 31.2. The molecule has 0 amide bonds. The average molecular weight is 615 g/mol. The van der Waals surface area contributed by atoms with Crippen molar-refractivity contribution in [2.24, 2.45) is 17.1 Å². The molecule has 12 nitrogen and oxygen atoms in total. The molecule has 4 rings (SSSR count). The van der Waals surface area contributed by atoms with Crippen LogP contribution in [0, 0.1) is 16.7 Å². The van der Waals surface area contributed by atoms with Crippen molar-refractivity contribution in [1.29, 1.82) is 5.41 Å². The number of benzene rings is 2. The van der Waals surface area contributed by atoms with Gasteiger partial charge in [0.1, 0.15) is 42.7 Å². The number of nitrogens with one attached hydrogen (secondary N) is 3. The number of nitrogens with two attached hydrogens (primary N) is 1. The smallest absolute Gasteiger partial charge is 0.459 e. The number of para-hydroxylation sites is 1. The first-order valence-electron chi connectivity index (χ1n) is 14.1. The second-order valence-electron chi connectivity index (χ2n) is 10.9. The van der Waals surface area contributed by atoms with Crippen LogP contribution in [0.2, 0.25) is 0 Å². The van der Waals surface area contributed by atoms with Crippen LogP contribution >= 0.6 is 7.75 Å². The predicted molar refractivity (Wildman–Crippen MR) is 159 cm³/mol. The third-order valence-electron chi connectivity index (χ3n) is 7.10. The summed E-state index contributed by atoms with van der Waals surface area (Å²) in [5.41, 5.74) is 5.69. The van der Waals surface area contributed by atoms with Gasteiger partial charge < -0.3 is 29.8 Å². The number of ether oxygens (including phenoxy) is 3. The highest BCUT2D eigenvalue weighted by molar-refractivity contribution is 7.52. The number of rotatable bonds is 15. The zero-order chi connectivity index (χ0) is 31.0. The number of carbonyl (C=O) groups excluding carboxylic acids is 2. The molecule has 1 aliphatic heterocycles. The normalized spacial score (nSPS) is 22.6. The van der Waals surface area contributed by atoms with E-state index >= 15 is 0 Å². The standard InChI is InChI=1S/C30H39N4O8P/c1-20(2)27(35)41-26-24(40-29(30(26)15-16-30)33-17-14-25(31)32)19-39-43(37,42-23-12-8-5-9-13-23)34-21(3)28(36)38-18-22-10-6-4-7-11-22/h4-14,17,20-21,24,26,29,33H,15-16,18-19H2,1-3H3,(H3,31,32)(H,34,37)/b17-14-/t21-,24+,26+,29+,43?/m0/s1. The fourth-order valence-corrected chi connectivity index (χ4v) is 6.13. The van der Waals surface area contributed by atoms with Gasteiger partial charge in [-0.05, 0) is 43.5 Å². The Balaban J connectivity index is 1.49. The zero-order valence-corrected chi connectivity index (χ0v) is 25.3. The van der Waals surface area contributed by atoms with Crippen molar-refractivity contribution in [3.05, 3.63) is 78.5 Å². The van der Waals surface area contributed by atoms with Crippen molar-refractivity contribution in [3.8, 4) is 5.75 Å². The van der Waals surface area contributed by atoms with Crippen LogP contribution in [0.5, 0.6) is 5.75 Å². The molecule has 5 N–H and O–H groups in total. The van der Waals surface area contributed by atoms with E-state index in [-0.39, 0.29) is 30.7 Å². The summed E-state index contributed by atoms with van der Waals surface area (Å²) in [5.74, 6) is -1.31. The molecule has 1 saturated heterocycles. The van der Waals surface area contributed by atoms with Gasteiger partial charge in [0.25, 0.3) is 0 Å². The van der Waals surface area contributed by atoms with Gasteiger partial charge in [-0.3, -0.25) is 19.5 Å². The van der Waals surface area contributed by atoms with E-state index < -0.39 is 49.6 Å². The monoisotopic (exact) mass is 614 g/mol. The molecule has 43 heavy (non-hydrogen) atoms. The second-order valence-corrected chi connectivity index (χ2v) is 12.6. The van der Waals surface area contributed by atoms with Crippen LogP contribution in [0.1, 0.15) is 39.2 Å². The molecular formula is C30H39N4O8P. The number of amidine groups is 1. The Morgan fingerprint density at radius 3 is 2.35 bits per heavy atom. The van der Waals surface area contributed by atoms with Crippen LogP contribution in [-0.2, 0) is 39.5 Å². The Bertz CT molecular complexity index is 1340. The molecule has 5 atom stereocenters. The van der Waals surface area contributed by atoms with E-state index in [1.165, 1.54) is 19.2 Å². The van der Waals surface area contributed by atoms with Crippen molar-refractivity contribution in [2.45, 2.75) is 64.7 Å². The van der Waals surface area contributed by atoms with E-state index in [1.807, 2.05) is 30.3 Å². The summed E-state index contributed by atoms with van der Waals surface area (Å²) >= 11 is 0. The summed E-state index contributed by atoms with van der Waals surface area (Å²) in [6.45, 7) is 4.73. The number of hydrogen-bond acceptors (Lipinski definition) is 10. The number of carbonyl (C=O) groups is 2. The molecule has 1 saturated carbocycles. The van der Waals surface area contributed by atoms with Gasteiger partial charge in [-0.25, -0.2) is 4.57 Å². The van der Waals surface area contributed by atoms with Crippen molar-refractivity contribution < 1.29 is 37.4 Å². The second kappa shape index (κ2) is 14.2. The SMILES string of the molecule is CC(C)C(=O)O[C@@H]1[C@@H](COP(=O)(N[C@@H](C)C(=O)OCc2ccccc2)Oc2ccccc2)O[C@@H](N/C=C\C(=N)N)C12CC2. The van der Waals surface area contributed by atoms with Gasteiger partial charge in [0.05, 0.1) is 17.9 Å². The average Bonchev–Trinajstić information content (AvgIpc) is 3.73. The summed E-state index contributed by atoms with van der Waals surface area (Å²) in [4.78, 5) is 25.4. The fraction of sp³-hybridized carbons (Fsp3) is 0.433. The molecule has 0 aromatic heterocycles. The molecule has 1 unspecified atom stereocenters. The van der Waals surface area contributed by atoms with Gasteiger partial charge in [-0.2, -0.15) is 5.09 Å². The van der Waals surface area contributed by atoms with Gasteiger partial charge in [0, 0.05) is 6.20 Å². The van der Waals surface area contributed by atoms with Crippen LogP contribution in [0.15, 0.2) is 72.9 Å². The molecule has 1 aliphatic carbocycles. The van der Waals surface area contributed by atoms with Crippen LogP contribution in [0.4, 0.5) is 0 Å². The Morgan fingerprint density at radius 1 is 1.09 bits per heavy atom. The fourth-order valence-electron chi connectivity index (χ4n) is 4.63. The lowest BCUT2D eigenvalue weighted by atomic mass is 9.96. The Kier molecular flexibility index (Phi) is 10.6. The van der Waals surface area contributed by atoms with Crippen LogP contribution in [0.25, 0.3) is 0 Å². The van der Waals surface area contributed by atoms with Crippen molar-refractivity contribution in [2.75, 3.05) is 6.61 Å². The largest absolute Gasteiger partial charge is 0.460 e. The molecule has 2 aliphatic rings. The summed E-state index contributed by atoms with van der Waals surface area (Å²) in [6.07, 6.45) is 2.22. The van der Waals surface area contributed by atoms with Crippen LogP contribution < -0.4 is 20.7 Å². The van der Waals surface area contributed by atoms with Gasteiger partial charge in [-0.15, -0.1) is 0 Å². The molecule has 0 radical (unpaired) electrons. The third-order valence-corrected chi connectivity index (χ3v) is 8.74. The molecule has 13 heteroatoms. The minimum Gasteiger partial charge on any atom is -0.460 e. The summed E-state index contributed by atoms with van der Waals surface area (Å²) in [7, 11) is -4.20. The van der Waals surface area contributed by atoms with E-state index in [0.29, 0.717) is 12.8 Å². The lowest BCUT2D eigenvalue weighted by molar-refractivity contribution is -0.158. The number of hydrogen-bond donors (Lipinski definition) is 4. The molecule has 1 spiro atoms. The molecule has 0 bridgehead atoms. The van der Waals surface area contributed by atoms with Crippen molar-refractivity contribution in [1.82, 2.24) is 10.4 Å². The first-order valence-corrected chi connectivity index (χ1v) is 15.7. The molecule has 2 aromatic carbocycles. The molecular weight excluding hydrogens is 575 g/mol. The van der Waals surface area contributed by atoms with E-state index in [9.17, 15) is 14.2 Å². The number of esters is 2. The minimum absolute atomic E-state index is 0.0454. The van der Waals surface area contributed by atoms with E-state index in [2.05, 4.69) is 10.4 Å². The maximum absolute atomic E-state index is 14.1. The zero-order valence-electron chi connectivity index (χ0n) is 24.4.